The van der Waals surface area contributed by atoms with Crippen molar-refractivity contribution < 1.29 is 4.74 Å². The van der Waals surface area contributed by atoms with Gasteiger partial charge in [0.25, 0.3) is 0 Å². The van der Waals surface area contributed by atoms with Gasteiger partial charge in [-0.25, -0.2) is 0 Å². The van der Waals surface area contributed by atoms with E-state index in [1.807, 2.05) is 0 Å². The maximum atomic E-state index is 5.60. The highest BCUT2D eigenvalue weighted by atomic mass is 79.9. The van der Waals surface area contributed by atoms with Crippen LogP contribution in [0, 0.1) is 6.92 Å². The van der Waals surface area contributed by atoms with Gasteiger partial charge < -0.3 is 10.1 Å². The average molecular weight is 433 g/mol. The maximum absolute atomic E-state index is 5.60. The molecule has 5 heteroatoms. The smallest absolute Gasteiger partial charge is 0.124 e. The predicted molar refractivity (Wildman–Crippen MR) is 97.6 cm³/mol. The summed E-state index contributed by atoms with van der Waals surface area (Å²) in [5.74, 6) is 0.923. The molecule has 1 heterocycles. The van der Waals surface area contributed by atoms with Gasteiger partial charge in [0.2, 0.25) is 0 Å². The van der Waals surface area contributed by atoms with E-state index in [-0.39, 0.29) is 6.04 Å². The first-order valence-corrected chi connectivity index (χ1v) is 9.34. The number of hydrogen-bond donors (Lipinski definition) is 1. The molecule has 0 saturated carbocycles. The highest BCUT2D eigenvalue weighted by Gasteiger charge is 2.20. The second-order valence-electron chi connectivity index (χ2n) is 4.91. The van der Waals surface area contributed by atoms with Gasteiger partial charge in [0.1, 0.15) is 5.75 Å². The Morgan fingerprint density at radius 2 is 2.05 bits per heavy atom. The number of hydrogen-bond acceptors (Lipinski definition) is 3. The number of aryl methyl sites for hydroxylation is 1. The van der Waals surface area contributed by atoms with E-state index in [1.165, 1.54) is 11.1 Å². The molecule has 1 aromatic heterocycles. The first-order chi connectivity index (χ1) is 10.1. The van der Waals surface area contributed by atoms with E-state index in [1.54, 1.807) is 18.4 Å². The largest absolute Gasteiger partial charge is 0.496 e. The van der Waals surface area contributed by atoms with Crippen molar-refractivity contribution in [3.63, 3.8) is 0 Å². The van der Waals surface area contributed by atoms with Crippen molar-refractivity contribution in [2.45, 2.75) is 26.3 Å². The van der Waals surface area contributed by atoms with E-state index in [0.717, 1.165) is 32.5 Å². The van der Waals surface area contributed by atoms with Gasteiger partial charge in [0.15, 0.2) is 0 Å². The zero-order valence-corrected chi connectivity index (χ0v) is 16.4. The summed E-state index contributed by atoms with van der Waals surface area (Å²) >= 11 is 8.89. The Bertz CT molecular complexity index is 612. The number of methoxy groups -OCH3 is 1. The molecule has 0 fully saturated rings. The Kier molecular flexibility index (Phi) is 6.29. The third-order valence-corrected chi connectivity index (χ3v) is 5.72. The highest BCUT2D eigenvalue weighted by molar-refractivity contribution is 9.11. The molecule has 0 amide bonds. The Morgan fingerprint density at radius 1 is 1.29 bits per heavy atom. The molecule has 1 N–H and O–H groups in total. The molecular weight excluding hydrogens is 414 g/mol. The molecule has 1 aromatic carbocycles. The molecule has 0 radical (unpaired) electrons. The third-order valence-electron chi connectivity index (χ3n) is 3.34. The van der Waals surface area contributed by atoms with Crippen LogP contribution in [-0.4, -0.2) is 13.7 Å². The number of thiophene rings is 1. The molecular formula is C16H19Br2NOS. The van der Waals surface area contributed by atoms with Gasteiger partial charge in [-0.3, -0.25) is 0 Å². The van der Waals surface area contributed by atoms with Crippen LogP contribution in [0.5, 0.6) is 5.75 Å². The summed E-state index contributed by atoms with van der Waals surface area (Å²) in [6.45, 7) is 5.22. The Hall–Kier alpha value is -0.360. The van der Waals surface area contributed by atoms with Crippen molar-refractivity contribution in [1.29, 1.82) is 0 Å². The van der Waals surface area contributed by atoms with Gasteiger partial charge in [0, 0.05) is 10.0 Å². The Labute approximate surface area is 147 Å². The molecule has 2 nitrogen and oxygen atoms in total. The zero-order chi connectivity index (χ0) is 15.4. The quantitative estimate of drug-likeness (QED) is 0.633. The summed E-state index contributed by atoms with van der Waals surface area (Å²) in [4.78, 5) is 0. The fraction of sp³-hybridized carbons (Fsp3) is 0.375. The Balaban J connectivity index is 2.47. The molecule has 2 rings (SSSR count). The molecule has 0 aliphatic carbocycles. The van der Waals surface area contributed by atoms with Gasteiger partial charge in [-0.15, -0.1) is 11.3 Å². The summed E-state index contributed by atoms with van der Waals surface area (Å²) in [5.41, 5.74) is 3.60. The van der Waals surface area contributed by atoms with Crippen molar-refractivity contribution in [3.05, 3.63) is 48.5 Å². The van der Waals surface area contributed by atoms with Gasteiger partial charge in [-0.1, -0.05) is 22.9 Å². The lowest BCUT2D eigenvalue weighted by atomic mass is 9.98. The first kappa shape index (κ1) is 17.0. The highest BCUT2D eigenvalue weighted by Crippen LogP contribution is 2.36. The van der Waals surface area contributed by atoms with E-state index in [2.05, 4.69) is 74.6 Å². The molecule has 21 heavy (non-hydrogen) atoms. The normalized spacial score (nSPS) is 12.4. The molecule has 1 atom stereocenters. The van der Waals surface area contributed by atoms with E-state index in [0.29, 0.717) is 0 Å². The van der Waals surface area contributed by atoms with E-state index in [4.69, 9.17) is 4.74 Å². The van der Waals surface area contributed by atoms with Gasteiger partial charge >= 0.3 is 0 Å². The molecule has 0 spiro atoms. The second kappa shape index (κ2) is 7.77. The van der Waals surface area contributed by atoms with E-state index < -0.39 is 0 Å². The van der Waals surface area contributed by atoms with E-state index in [9.17, 15) is 0 Å². The monoisotopic (exact) mass is 431 g/mol. The third kappa shape index (κ3) is 4.09. The van der Waals surface area contributed by atoms with Crippen molar-refractivity contribution in [2.24, 2.45) is 0 Å². The fourth-order valence-corrected chi connectivity index (χ4v) is 3.81. The van der Waals surface area contributed by atoms with Gasteiger partial charge in [0.05, 0.1) is 16.9 Å². The van der Waals surface area contributed by atoms with Crippen LogP contribution in [-0.2, 0) is 0 Å². The van der Waals surface area contributed by atoms with Crippen LogP contribution < -0.4 is 10.1 Å². The Morgan fingerprint density at radius 3 is 2.62 bits per heavy atom. The standard InChI is InChI=1S/C16H19Br2NOS/c1-4-5-19-16(11-7-15(18)21-9-11)12-8-13(17)10(2)6-14(12)20-3/h6-9,16,19H,4-5H2,1-3H3. The summed E-state index contributed by atoms with van der Waals surface area (Å²) < 4.78 is 7.85. The minimum atomic E-state index is 0.138. The topological polar surface area (TPSA) is 21.3 Å². The lowest BCUT2D eigenvalue weighted by Gasteiger charge is -2.21. The fourth-order valence-electron chi connectivity index (χ4n) is 2.24. The van der Waals surface area contributed by atoms with Crippen LogP contribution in [0.25, 0.3) is 0 Å². The number of nitrogens with one attached hydrogen (secondary N) is 1. The van der Waals surface area contributed by atoms with Gasteiger partial charge in [-0.2, -0.15) is 0 Å². The molecule has 1 unspecified atom stereocenters. The number of rotatable bonds is 6. The molecule has 0 saturated heterocycles. The van der Waals surface area contributed by atoms with Crippen LogP contribution in [0.4, 0.5) is 0 Å². The first-order valence-electron chi connectivity index (χ1n) is 6.88. The molecule has 0 aliphatic rings. The summed E-state index contributed by atoms with van der Waals surface area (Å²) in [7, 11) is 1.73. The number of halogens is 2. The lowest BCUT2D eigenvalue weighted by Crippen LogP contribution is -2.23. The minimum absolute atomic E-state index is 0.138. The summed E-state index contributed by atoms with van der Waals surface area (Å²) in [6.07, 6.45) is 1.09. The molecule has 0 aliphatic heterocycles. The number of ether oxygens (including phenoxy) is 1. The van der Waals surface area contributed by atoms with Crippen molar-refractivity contribution in [3.8, 4) is 5.75 Å². The van der Waals surface area contributed by atoms with Crippen LogP contribution in [0.15, 0.2) is 31.8 Å². The van der Waals surface area contributed by atoms with Crippen LogP contribution >= 0.6 is 43.2 Å². The van der Waals surface area contributed by atoms with E-state index >= 15 is 0 Å². The zero-order valence-electron chi connectivity index (χ0n) is 12.4. The molecule has 0 bridgehead atoms. The maximum Gasteiger partial charge on any atom is 0.124 e. The van der Waals surface area contributed by atoms with Crippen LogP contribution in [0.2, 0.25) is 0 Å². The van der Waals surface area contributed by atoms with Crippen molar-refractivity contribution in [1.82, 2.24) is 5.32 Å². The lowest BCUT2D eigenvalue weighted by molar-refractivity contribution is 0.403. The number of benzene rings is 1. The SMILES string of the molecule is CCCNC(c1csc(Br)c1)c1cc(Br)c(C)cc1OC. The average Bonchev–Trinajstić information content (AvgIpc) is 2.89. The summed E-state index contributed by atoms with van der Waals surface area (Å²) in [6, 6.07) is 6.55. The van der Waals surface area contributed by atoms with Crippen LogP contribution in [0.1, 0.15) is 36.1 Å². The van der Waals surface area contributed by atoms with Crippen molar-refractivity contribution >= 4 is 43.2 Å². The summed E-state index contributed by atoms with van der Waals surface area (Å²) in [5, 5.41) is 5.81. The molecule has 114 valence electrons. The van der Waals surface area contributed by atoms with Crippen LogP contribution in [0.3, 0.4) is 0 Å². The minimum Gasteiger partial charge on any atom is -0.496 e. The van der Waals surface area contributed by atoms with Crippen molar-refractivity contribution in [2.75, 3.05) is 13.7 Å². The van der Waals surface area contributed by atoms with Gasteiger partial charge in [-0.05, 0) is 70.5 Å². The second-order valence-corrected chi connectivity index (χ2v) is 8.06. The predicted octanol–water partition coefficient (Wildman–Crippen LogP) is 5.68. The molecule has 2 aromatic rings.